The van der Waals surface area contributed by atoms with Gasteiger partial charge in [-0.2, -0.15) is 0 Å². The van der Waals surface area contributed by atoms with Crippen molar-refractivity contribution in [2.24, 2.45) is 11.8 Å². The Morgan fingerprint density at radius 1 is 0.818 bits per heavy atom. The molecule has 1 aromatic heterocycles. The first-order chi connectivity index (χ1) is 21.0. The summed E-state index contributed by atoms with van der Waals surface area (Å²) in [6, 6.07) is 20.9. The molecule has 5 rings (SSSR count). The monoisotopic (exact) mass is 598 g/mol. The highest BCUT2D eigenvalue weighted by Gasteiger charge is 2.63. The third-order valence-corrected chi connectivity index (χ3v) is 8.46. The Morgan fingerprint density at radius 3 is 1.95 bits per heavy atom. The number of fused-ring (bicyclic) bond motifs is 1. The average molecular weight is 599 g/mol. The van der Waals surface area contributed by atoms with E-state index in [4.69, 9.17) is 0 Å². The van der Waals surface area contributed by atoms with Crippen molar-refractivity contribution in [2.45, 2.75) is 25.0 Å². The Morgan fingerprint density at radius 2 is 1.41 bits per heavy atom. The first kappa shape index (κ1) is 30.1. The predicted molar refractivity (Wildman–Crippen MR) is 158 cm³/mol. The fourth-order valence-corrected chi connectivity index (χ4v) is 6.62. The molecule has 4 unspecified atom stereocenters. The summed E-state index contributed by atoms with van der Waals surface area (Å²) in [5.41, 5.74) is 0.327. The molecule has 0 spiro atoms. The van der Waals surface area contributed by atoms with Crippen LogP contribution in [0.15, 0.2) is 96.1 Å². The number of nitrogens with zero attached hydrogens (tertiary/aromatic N) is 4. The molecule has 3 heterocycles. The minimum absolute atomic E-state index is 0.145. The molecule has 44 heavy (non-hydrogen) atoms. The van der Waals surface area contributed by atoms with E-state index in [1.807, 2.05) is 66.4 Å². The zero-order chi connectivity index (χ0) is 31.6. The highest BCUT2D eigenvalue weighted by molar-refractivity contribution is 5.98. The van der Waals surface area contributed by atoms with Gasteiger partial charge >= 0.3 is 23.9 Å². The van der Waals surface area contributed by atoms with Gasteiger partial charge in [-0.3, -0.25) is 4.90 Å². The lowest BCUT2D eigenvalue weighted by molar-refractivity contribution is -0.136. The van der Waals surface area contributed by atoms with Gasteiger partial charge in [0.05, 0.1) is 17.3 Å². The van der Waals surface area contributed by atoms with Crippen LogP contribution >= 0.6 is 0 Å². The third-order valence-electron chi connectivity index (χ3n) is 8.46. The number of carboxylic acids is 4. The predicted octanol–water partition coefficient (Wildman–Crippen LogP) is 3.03. The van der Waals surface area contributed by atoms with Crippen LogP contribution in [0.1, 0.15) is 12.5 Å². The summed E-state index contributed by atoms with van der Waals surface area (Å²) in [6.07, 6.45) is 1.14. The van der Waals surface area contributed by atoms with Crippen LogP contribution in [0, 0.1) is 11.8 Å². The van der Waals surface area contributed by atoms with E-state index in [0.717, 1.165) is 11.1 Å². The van der Waals surface area contributed by atoms with Gasteiger partial charge in [0.1, 0.15) is 0 Å². The van der Waals surface area contributed by atoms with Crippen LogP contribution in [-0.4, -0.2) is 84.1 Å². The number of hydrogen-bond acceptors (Lipinski definition) is 8. The van der Waals surface area contributed by atoms with Crippen molar-refractivity contribution in [1.29, 1.82) is 0 Å². The van der Waals surface area contributed by atoms with Crippen molar-refractivity contribution >= 4 is 29.7 Å². The van der Waals surface area contributed by atoms with E-state index < -0.39 is 58.4 Å². The molecule has 2 aliphatic rings. The molecule has 2 fully saturated rings. The average Bonchev–Trinajstić information content (AvgIpc) is 3.45. The van der Waals surface area contributed by atoms with E-state index in [9.17, 15) is 39.6 Å². The second-order valence-electron chi connectivity index (χ2n) is 11.1. The van der Waals surface area contributed by atoms with E-state index in [1.165, 1.54) is 0 Å². The topological polar surface area (TPSA) is 181 Å². The summed E-state index contributed by atoms with van der Waals surface area (Å²) in [5, 5.41) is 48.5. The van der Waals surface area contributed by atoms with E-state index >= 15 is 0 Å². The fourth-order valence-electron chi connectivity index (χ4n) is 6.62. The molecule has 4 N–H and O–H groups in total. The van der Waals surface area contributed by atoms with Gasteiger partial charge in [0, 0.05) is 60.3 Å². The lowest BCUT2D eigenvalue weighted by atomic mass is 9.76. The first-order valence-electron chi connectivity index (χ1n) is 13.8. The fraction of sp³-hybridized carbons (Fsp3) is 0.250. The highest BCUT2D eigenvalue weighted by Crippen LogP contribution is 2.53. The van der Waals surface area contributed by atoms with E-state index in [-0.39, 0.29) is 19.6 Å². The van der Waals surface area contributed by atoms with Crippen molar-refractivity contribution < 1.29 is 39.6 Å². The minimum atomic E-state index is -1.54. The Hall–Kier alpha value is -5.36. The molecule has 0 saturated carbocycles. The number of carboxylic acid groups (broad SMARTS) is 4. The Kier molecular flexibility index (Phi) is 8.28. The molecule has 12 nitrogen and oxygen atoms in total. The molecular formula is C32H30N4O8. The minimum Gasteiger partial charge on any atom is -0.478 e. The quantitative estimate of drug-likeness (QED) is 0.251. The van der Waals surface area contributed by atoms with Crippen LogP contribution in [0.5, 0.6) is 0 Å². The third kappa shape index (κ3) is 5.79. The molecule has 3 aromatic rings. The first-order valence-corrected chi connectivity index (χ1v) is 13.8. The second kappa shape index (κ2) is 12.1. The highest BCUT2D eigenvalue weighted by atomic mass is 16.4. The summed E-state index contributed by atoms with van der Waals surface area (Å²) in [4.78, 5) is 52.5. The van der Waals surface area contributed by atoms with Gasteiger partial charge in [-0.1, -0.05) is 60.7 Å². The van der Waals surface area contributed by atoms with Gasteiger partial charge in [-0.05, 0) is 24.6 Å². The molecule has 226 valence electrons. The van der Waals surface area contributed by atoms with Gasteiger partial charge in [0.25, 0.3) is 0 Å². The van der Waals surface area contributed by atoms with Crippen LogP contribution in [0.3, 0.4) is 0 Å². The normalized spacial score (nSPS) is 23.8. The zero-order valence-electron chi connectivity index (χ0n) is 23.6. The van der Waals surface area contributed by atoms with E-state index in [1.54, 1.807) is 23.1 Å². The second-order valence-corrected chi connectivity index (χ2v) is 11.1. The number of benzene rings is 2. The molecule has 4 atom stereocenters. The van der Waals surface area contributed by atoms with Crippen molar-refractivity contribution in [2.75, 3.05) is 18.0 Å². The van der Waals surface area contributed by atoms with Gasteiger partial charge in [0.2, 0.25) is 0 Å². The number of hydrogen-bond donors (Lipinski definition) is 4. The molecule has 2 saturated heterocycles. The molecular weight excluding hydrogens is 568 g/mol. The number of aromatic nitrogens is 2. The standard InChI is InChI=1S/C32H30N4O8/c1-32-18-35(25-13-12-24(33-34-25)20-10-6-3-7-11-20)17-23(32)28(21(30(41)42)14-26(37)38)29(22(31(43)44)15-27(39)40)36(32)16-19-8-4-2-5-9-19/h2-15,23,28-29H,16-18H2,1H3,(H,37,38)(H,39,40)(H,41,42)(H,43,44)/b21-14+,22-15+. The Bertz CT molecular complexity index is 1640. The van der Waals surface area contributed by atoms with Crippen LogP contribution in [0.25, 0.3) is 11.3 Å². The SMILES string of the molecule is CC12CN(c3ccc(-c4ccccc4)nn3)CC1C(/C(=C\C(=O)O)C(=O)O)C(/C(=C\C(=O)O)C(=O)O)N2Cc1ccccc1. The number of likely N-dealkylation sites (tertiary alicyclic amines) is 1. The summed E-state index contributed by atoms with van der Waals surface area (Å²) in [6.45, 7) is 2.45. The van der Waals surface area contributed by atoms with Gasteiger partial charge in [-0.15, -0.1) is 10.2 Å². The molecule has 2 aromatic carbocycles. The van der Waals surface area contributed by atoms with Crippen molar-refractivity contribution in [3.63, 3.8) is 0 Å². The van der Waals surface area contributed by atoms with Gasteiger partial charge in [-0.25, -0.2) is 19.2 Å². The molecule has 0 aliphatic carbocycles. The van der Waals surface area contributed by atoms with Gasteiger partial charge in [0.15, 0.2) is 5.82 Å². The van der Waals surface area contributed by atoms with E-state index in [0.29, 0.717) is 23.7 Å². The zero-order valence-corrected chi connectivity index (χ0v) is 23.6. The molecule has 12 heteroatoms. The molecule has 0 radical (unpaired) electrons. The van der Waals surface area contributed by atoms with Crippen molar-refractivity contribution in [1.82, 2.24) is 15.1 Å². The smallest absolute Gasteiger partial charge is 0.333 e. The number of carbonyl (C=O) groups is 4. The van der Waals surface area contributed by atoms with Crippen molar-refractivity contribution in [3.05, 3.63) is 102 Å². The van der Waals surface area contributed by atoms with Crippen LogP contribution in [0.2, 0.25) is 0 Å². The number of rotatable bonds is 10. The maximum Gasteiger partial charge on any atom is 0.333 e. The van der Waals surface area contributed by atoms with Crippen molar-refractivity contribution in [3.8, 4) is 11.3 Å². The summed E-state index contributed by atoms with van der Waals surface area (Å²) in [5.74, 6) is -7.42. The van der Waals surface area contributed by atoms with Crippen LogP contribution in [-0.2, 0) is 25.7 Å². The maximum absolute atomic E-state index is 12.6. The summed E-state index contributed by atoms with van der Waals surface area (Å²) in [7, 11) is 0. The van der Waals surface area contributed by atoms with Crippen LogP contribution < -0.4 is 4.90 Å². The number of anilines is 1. The van der Waals surface area contributed by atoms with E-state index in [2.05, 4.69) is 10.2 Å². The molecule has 0 amide bonds. The number of aliphatic carboxylic acids is 4. The molecule has 2 aliphatic heterocycles. The van der Waals surface area contributed by atoms with Gasteiger partial charge < -0.3 is 25.3 Å². The largest absolute Gasteiger partial charge is 0.478 e. The summed E-state index contributed by atoms with van der Waals surface area (Å²) >= 11 is 0. The lowest BCUT2D eigenvalue weighted by Gasteiger charge is -2.39. The lowest BCUT2D eigenvalue weighted by Crippen LogP contribution is -2.50. The van der Waals surface area contributed by atoms with Crippen LogP contribution in [0.4, 0.5) is 5.82 Å². The Balaban J connectivity index is 1.64. The summed E-state index contributed by atoms with van der Waals surface area (Å²) < 4.78 is 0. The Labute approximate surface area is 252 Å². The maximum atomic E-state index is 12.6. The molecule has 0 bridgehead atoms.